The molecule has 1 aromatic heterocycles. The van der Waals surface area contributed by atoms with Gasteiger partial charge in [0.05, 0.1) is 18.1 Å². The molecule has 0 spiro atoms. The fourth-order valence-electron chi connectivity index (χ4n) is 3.69. The molecule has 0 bridgehead atoms. The quantitative estimate of drug-likeness (QED) is 0.232. The van der Waals surface area contributed by atoms with E-state index < -0.39 is 0 Å². The third-order valence-corrected chi connectivity index (χ3v) is 5.14. The van der Waals surface area contributed by atoms with Gasteiger partial charge in [-0.3, -0.25) is 4.79 Å². The third-order valence-electron chi connectivity index (χ3n) is 5.14. The fraction of sp³-hybridized carbons (Fsp3) is 0.0400. The number of fused-ring (bicyclic) bond motifs is 4. The third kappa shape index (κ3) is 2.60. The van der Waals surface area contributed by atoms with Gasteiger partial charge >= 0.3 is 0 Å². The summed E-state index contributed by atoms with van der Waals surface area (Å²) in [6.45, 7) is 0. The van der Waals surface area contributed by atoms with Gasteiger partial charge in [0.2, 0.25) is 0 Å². The lowest BCUT2D eigenvalue weighted by molar-refractivity contribution is 0.104. The molecule has 0 radical (unpaired) electrons. The van der Waals surface area contributed by atoms with Gasteiger partial charge < -0.3 is 4.74 Å². The van der Waals surface area contributed by atoms with Crippen molar-refractivity contribution in [2.45, 2.75) is 0 Å². The zero-order valence-corrected chi connectivity index (χ0v) is 15.3. The van der Waals surface area contributed by atoms with Crippen LogP contribution in [0.5, 0.6) is 5.75 Å². The second-order valence-electron chi connectivity index (χ2n) is 6.78. The van der Waals surface area contributed by atoms with Crippen LogP contribution in [0.25, 0.3) is 32.6 Å². The van der Waals surface area contributed by atoms with E-state index in [1.165, 1.54) is 10.8 Å². The molecule has 4 aromatic carbocycles. The largest absolute Gasteiger partial charge is 0.497 e. The van der Waals surface area contributed by atoms with E-state index in [0.29, 0.717) is 11.1 Å². The number of aromatic nitrogens is 1. The van der Waals surface area contributed by atoms with Crippen LogP contribution in [0.2, 0.25) is 0 Å². The average molecular weight is 363 g/mol. The summed E-state index contributed by atoms with van der Waals surface area (Å²) in [6.07, 6.45) is 0. The first kappa shape index (κ1) is 16.5. The molecule has 0 unspecified atom stereocenters. The van der Waals surface area contributed by atoms with E-state index in [-0.39, 0.29) is 5.78 Å². The molecule has 134 valence electrons. The zero-order valence-electron chi connectivity index (χ0n) is 15.3. The Morgan fingerprint density at radius 1 is 0.786 bits per heavy atom. The number of ether oxygens (including phenoxy) is 1. The molecule has 0 aliphatic heterocycles. The van der Waals surface area contributed by atoms with Crippen molar-refractivity contribution in [3.8, 4) is 5.75 Å². The molecule has 1 heterocycles. The van der Waals surface area contributed by atoms with Gasteiger partial charge in [0.25, 0.3) is 0 Å². The molecule has 0 atom stereocenters. The van der Waals surface area contributed by atoms with Crippen LogP contribution in [-0.4, -0.2) is 17.9 Å². The van der Waals surface area contributed by atoms with E-state index in [0.717, 1.165) is 27.6 Å². The van der Waals surface area contributed by atoms with Crippen LogP contribution in [0.1, 0.15) is 15.9 Å². The number of ketones is 1. The molecule has 0 fully saturated rings. The predicted octanol–water partition coefficient (Wildman–Crippen LogP) is 5.78. The van der Waals surface area contributed by atoms with Crippen molar-refractivity contribution in [3.05, 3.63) is 96.1 Å². The van der Waals surface area contributed by atoms with Crippen molar-refractivity contribution in [2.24, 2.45) is 0 Å². The number of hydrogen-bond acceptors (Lipinski definition) is 3. The summed E-state index contributed by atoms with van der Waals surface area (Å²) in [5, 5.41) is 4.41. The maximum atomic E-state index is 13.1. The number of pyridine rings is 1. The van der Waals surface area contributed by atoms with Gasteiger partial charge in [-0.2, -0.15) is 0 Å². The van der Waals surface area contributed by atoms with Crippen LogP contribution in [-0.2, 0) is 0 Å². The van der Waals surface area contributed by atoms with Gasteiger partial charge in [-0.1, -0.05) is 42.5 Å². The summed E-state index contributed by atoms with van der Waals surface area (Å²) >= 11 is 0. The van der Waals surface area contributed by atoms with E-state index in [2.05, 4.69) is 24.3 Å². The van der Waals surface area contributed by atoms with Crippen molar-refractivity contribution in [1.82, 2.24) is 4.98 Å². The molecule has 0 N–H and O–H groups in total. The van der Waals surface area contributed by atoms with Crippen LogP contribution in [0, 0.1) is 0 Å². The number of benzene rings is 4. The van der Waals surface area contributed by atoms with E-state index in [1.807, 2.05) is 36.4 Å². The lowest BCUT2D eigenvalue weighted by Crippen LogP contribution is -2.03. The van der Waals surface area contributed by atoms with E-state index in [1.54, 1.807) is 31.4 Å². The maximum absolute atomic E-state index is 13.1. The van der Waals surface area contributed by atoms with Crippen LogP contribution in [0.3, 0.4) is 0 Å². The van der Waals surface area contributed by atoms with Gasteiger partial charge in [0, 0.05) is 21.9 Å². The molecule has 0 amide bonds. The number of carbonyl (C=O) groups is 1. The first-order chi connectivity index (χ1) is 13.7. The molecular formula is C25H17NO2. The van der Waals surface area contributed by atoms with Crippen LogP contribution in [0.4, 0.5) is 0 Å². The highest BCUT2D eigenvalue weighted by Gasteiger charge is 2.15. The van der Waals surface area contributed by atoms with Gasteiger partial charge in [-0.25, -0.2) is 4.98 Å². The zero-order chi connectivity index (χ0) is 19.1. The Kier molecular flexibility index (Phi) is 3.80. The molecule has 0 saturated heterocycles. The normalized spacial score (nSPS) is 11.2. The molecule has 28 heavy (non-hydrogen) atoms. The Balaban J connectivity index is 1.72. The van der Waals surface area contributed by atoms with Gasteiger partial charge in [0.15, 0.2) is 5.78 Å². The Morgan fingerprint density at radius 3 is 2.39 bits per heavy atom. The maximum Gasteiger partial charge on any atom is 0.195 e. The summed E-state index contributed by atoms with van der Waals surface area (Å²) < 4.78 is 5.18. The SMILES string of the molecule is COc1ccc(C(=O)c2cccc3cc4c(ccc5ccccc54)nc23)cc1. The van der Waals surface area contributed by atoms with E-state index >= 15 is 0 Å². The van der Waals surface area contributed by atoms with Gasteiger partial charge in [-0.15, -0.1) is 0 Å². The molecule has 0 aliphatic rings. The molecule has 3 heteroatoms. The number of hydrogen-bond donors (Lipinski definition) is 0. The first-order valence-electron chi connectivity index (χ1n) is 9.14. The first-order valence-corrected chi connectivity index (χ1v) is 9.14. The molecule has 5 aromatic rings. The van der Waals surface area contributed by atoms with Crippen molar-refractivity contribution in [2.75, 3.05) is 7.11 Å². The van der Waals surface area contributed by atoms with Crippen LogP contribution < -0.4 is 4.74 Å². The Labute approximate surface area is 162 Å². The number of nitrogens with zero attached hydrogens (tertiary/aromatic N) is 1. The standard InChI is InChI=1S/C25H17NO2/c1-28-19-12-9-17(10-13-19)25(27)21-8-4-6-18-15-22-20-7-3-2-5-16(20)11-14-23(22)26-24(18)21/h2-15H,1H3. The Hall–Kier alpha value is -3.72. The Bertz CT molecular complexity index is 1350. The lowest BCUT2D eigenvalue weighted by Gasteiger charge is -2.09. The summed E-state index contributed by atoms with van der Waals surface area (Å²) in [5.74, 6) is 0.686. The molecule has 0 aliphatic carbocycles. The van der Waals surface area contributed by atoms with Crippen LogP contribution >= 0.6 is 0 Å². The second kappa shape index (κ2) is 6.46. The number of methoxy groups -OCH3 is 1. The number of carbonyl (C=O) groups excluding carboxylic acids is 1. The number of para-hydroxylation sites is 1. The van der Waals surface area contributed by atoms with E-state index in [4.69, 9.17) is 9.72 Å². The average Bonchev–Trinajstić information content (AvgIpc) is 2.77. The van der Waals surface area contributed by atoms with Crippen molar-refractivity contribution in [3.63, 3.8) is 0 Å². The lowest BCUT2D eigenvalue weighted by atomic mass is 9.98. The fourth-order valence-corrected chi connectivity index (χ4v) is 3.69. The highest BCUT2D eigenvalue weighted by atomic mass is 16.5. The molecular weight excluding hydrogens is 346 g/mol. The Morgan fingerprint density at radius 2 is 1.57 bits per heavy atom. The summed E-state index contributed by atoms with van der Waals surface area (Å²) in [7, 11) is 1.61. The molecule has 0 saturated carbocycles. The number of rotatable bonds is 3. The summed E-state index contributed by atoms with van der Waals surface area (Å²) in [6, 6.07) is 27.4. The highest BCUT2D eigenvalue weighted by Crippen LogP contribution is 2.29. The molecule has 3 nitrogen and oxygen atoms in total. The highest BCUT2D eigenvalue weighted by molar-refractivity contribution is 6.17. The monoisotopic (exact) mass is 363 g/mol. The van der Waals surface area contributed by atoms with Crippen molar-refractivity contribution >= 4 is 38.4 Å². The predicted molar refractivity (Wildman–Crippen MR) is 113 cm³/mol. The van der Waals surface area contributed by atoms with Gasteiger partial charge in [0.1, 0.15) is 5.75 Å². The second-order valence-corrected chi connectivity index (χ2v) is 6.78. The minimum atomic E-state index is -0.0408. The summed E-state index contributed by atoms with van der Waals surface area (Å²) in [5.41, 5.74) is 2.85. The topological polar surface area (TPSA) is 39.2 Å². The summed E-state index contributed by atoms with van der Waals surface area (Å²) in [4.78, 5) is 18.0. The minimum absolute atomic E-state index is 0.0408. The van der Waals surface area contributed by atoms with Crippen molar-refractivity contribution < 1.29 is 9.53 Å². The van der Waals surface area contributed by atoms with E-state index in [9.17, 15) is 4.79 Å². The van der Waals surface area contributed by atoms with Crippen LogP contribution in [0.15, 0.2) is 84.9 Å². The molecule has 5 rings (SSSR count). The van der Waals surface area contributed by atoms with Crippen molar-refractivity contribution in [1.29, 1.82) is 0 Å². The smallest absolute Gasteiger partial charge is 0.195 e. The van der Waals surface area contributed by atoms with Gasteiger partial charge in [-0.05, 0) is 53.2 Å². The minimum Gasteiger partial charge on any atom is -0.497 e.